The van der Waals surface area contributed by atoms with E-state index in [2.05, 4.69) is 27.2 Å². The van der Waals surface area contributed by atoms with Gasteiger partial charge < -0.3 is 15.5 Å². The molecule has 1 fully saturated rings. The van der Waals surface area contributed by atoms with Crippen molar-refractivity contribution in [2.24, 2.45) is 0 Å². The molecule has 0 aliphatic carbocycles. The fraction of sp³-hybridized carbons (Fsp3) is 0.250. The lowest BCUT2D eigenvalue weighted by atomic mass is 10.0. The molecule has 7 nitrogen and oxygen atoms in total. The monoisotopic (exact) mass is 479 g/mol. The molecule has 1 aliphatic heterocycles. The van der Waals surface area contributed by atoms with Crippen LogP contribution in [-0.2, 0) is 10.5 Å². The van der Waals surface area contributed by atoms with Crippen LogP contribution in [0.4, 0.5) is 10.8 Å². The number of thiazole rings is 1. The van der Waals surface area contributed by atoms with Crippen LogP contribution in [0.5, 0.6) is 0 Å². The smallest absolute Gasteiger partial charge is 0.253 e. The summed E-state index contributed by atoms with van der Waals surface area (Å²) in [6.45, 7) is 4.80. The molecule has 2 N–H and O–H groups in total. The highest BCUT2D eigenvalue weighted by Crippen LogP contribution is 2.31. The van der Waals surface area contributed by atoms with Gasteiger partial charge in [-0.1, -0.05) is 17.9 Å². The van der Waals surface area contributed by atoms with Gasteiger partial charge in [0.05, 0.1) is 10.4 Å². The van der Waals surface area contributed by atoms with Crippen LogP contribution < -0.4 is 10.6 Å². The number of amides is 2. The highest BCUT2D eigenvalue weighted by atomic mass is 32.2. The number of carbonyl (C=O) groups excluding carboxylic acids is 2. The average molecular weight is 480 g/mol. The first-order chi connectivity index (χ1) is 16.1. The van der Waals surface area contributed by atoms with Crippen molar-refractivity contribution in [1.29, 1.82) is 0 Å². The van der Waals surface area contributed by atoms with Crippen molar-refractivity contribution in [2.45, 2.75) is 28.8 Å². The van der Waals surface area contributed by atoms with Crippen LogP contribution in [0.1, 0.15) is 28.8 Å². The summed E-state index contributed by atoms with van der Waals surface area (Å²) in [5.74, 6) is 0.599. The summed E-state index contributed by atoms with van der Waals surface area (Å²) in [5.41, 5.74) is 2.47. The van der Waals surface area contributed by atoms with Gasteiger partial charge in [0.2, 0.25) is 5.91 Å². The van der Waals surface area contributed by atoms with E-state index in [0.29, 0.717) is 17.8 Å². The molecule has 0 radical (unpaired) electrons. The minimum Gasteiger partial charge on any atom is -0.357 e. The zero-order valence-electron chi connectivity index (χ0n) is 18.1. The number of hydrogen-bond acceptors (Lipinski definition) is 7. The Bertz CT molecular complexity index is 1100. The molecule has 1 aliphatic rings. The first kappa shape index (κ1) is 23.0. The van der Waals surface area contributed by atoms with Gasteiger partial charge in [-0.3, -0.25) is 14.6 Å². The number of piperidine rings is 1. The summed E-state index contributed by atoms with van der Waals surface area (Å²) in [6.07, 6.45) is 8.66. The van der Waals surface area contributed by atoms with Crippen LogP contribution in [0.15, 0.2) is 71.9 Å². The number of likely N-dealkylation sites (tertiary alicyclic amines) is 1. The molecule has 1 saturated heterocycles. The lowest BCUT2D eigenvalue weighted by Gasteiger charge is -2.33. The Morgan fingerprint density at radius 3 is 2.76 bits per heavy atom. The number of anilines is 2. The first-order valence-electron chi connectivity index (χ1n) is 10.7. The molecule has 0 bridgehead atoms. The Balaban J connectivity index is 1.30. The van der Waals surface area contributed by atoms with Gasteiger partial charge in [0.15, 0.2) is 5.13 Å². The van der Waals surface area contributed by atoms with Crippen LogP contribution >= 0.6 is 23.1 Å². The molecule has 170 valence electrons. The van der Waals surface area contributed by atoms with Crippen LogP contribution in [-0.4, -0.2) is 45.8 Å². The Labute approximate surface area is 201 Å². The number of carbonyl (C=O) groups is 2. The third kappa shape index (κ3) is 6.43. The lowest BCUT2D eigenvalue weighted by molar-refractivity contribution is -0.111. The quantitative estimate of drug-likeness (QED) is 0.361. The molecule has 33 heavy (non-hydrogen) atoms. The van der Waals surface area contributed by atoms with Crippen LogP contribution in [0.2, 0.25) is 0 Å². The Morgan fingerprint density at radius 2 is 2.00 bits per heavy atom. The SMILES string of the molecule is C=CC(=O)Nc1ccc(C(=O)N2CCCC(Nc3ncc(SCc4ccncc4)s3)C2)cc1. The van der Waals surface area contributed by atoms with E-state index >= 15 is 0 Å². The molecule has 3 heterocycles. The Kier molecular flexibility index (Phi) is 7.74. The van der Waals surface area contributed by atoms with Crippen LogP contribution in [0, 0.1) is 0 Å². The van der Waals surface area contributed by atoms with Crippen molar-refractivity contribution < 1.29 is 9.59 Å². The fourth-order valence-electron chi connectivity index (χ4n) is 3.55. The van der Waals surface area contributed by atoms with E-state index in [1.165, 1.54) is 11.6 Å². The molecule has 1 unspecified atom stereocenters. The summed E-state index contributed by atoms with van der Waals surface area (Å²) >= 11 is 3.40. The zero-order chi connectivity index (χ0) is 23.0. The van der Waals surface area contributed by atoms with Gasteiger partial charge in [0.25, 0.3) is 5.91 Å². The average Bonchev–Trinajstić information content (AvgIpc) is 3.30. The van der Waals surface area contributed by atoms with Crippen LogP contribution in [0.3, 0.4) is 0 Å². The van der Waals surface area contributed by atoms with Gasteiger partial charge in [-0.15, -0.1) is 11.8 Å². The predicted molar refractivity (Wildman–Crippen MR) is 134 cm³/mol. The molecular formula is C24H25N5O2S2. The van der Waals surface area contributed by atoms with Gasteiger partial charge in [-0.2, -0.15) is 0 Å². The highest BCUT2D eigenvalue weighted by Gasteiger charge is 2.25. The second-order valence-corrected chi connectivity index (χ2v) is 9.94. The van der Waals surface area contributed by atoms with Gasteiger partial charge in [0, 0.05) is 48.5 Å². The molecular weight excluding hydrogens is 454 g/mol. The van der Waals surface area contributed by atoms with Crippen molar-refractivity contribution in [2.75, 3.05) is 23.7 Å². The van der Waals surface area contributed by atoms with E-state index in [0.717, 1.165) is 34.5 Å². The summed E-state index contributed by atoms with van der Waals surface area (Å²) < 4.78 is 1.15. The van der Waals surface area contributed by atoms with Crippen LogP contribution in [0.25, 0.3) is 0 Å². The van der Waals surface area contributed by atoms with Crippen molar-refractivity contribution in [1.82, 2.24) is 14.9 Å². The molecule has 0 saturated carbocycles. The van der Waals surface area contributed by atoms with E-state index in [4.69, 9.17) is 0 Å². The van der Waals surface area contributed by atoms with E-state index in [1.54, 1.807) is 59.8 Å². The van der Waals surface area contributed by atoms with E-state index in [9.17, 15) is 9.59 Å². The van der Waals surface area contributed by atoms with Crippen molar-refractivity contribution in [3.05, 3.63) is 78.8 Å². The third-order valence-corrected chi connectivity index (χ3v) is 7.43. The Hall–Kier alpha value is -3.17. The van der Waals surface area contributed by atoms with E-state index in [-0.39, 0.29) is 17.9 Å². The molecule has 0 spiro atoms. The number of rotatable bonds is 8. The van der Waals surface area contributed by atoms with Gasteiger partial charge in [-0.25, -0.2) is 4.98 Å². The molecule has 1 atom stereocenters. The number of aromatic nitrogens is 2. The van der Waals surface area contributed by atoms with Crippen molar-refractivity contribution in [3.63, 3.8) is 0 Å². The predicted octanol–water partition coefficient (Wildman–Crippen LogP) is 4.67. The van der Waals surface area contributed by atoms with Crippen molar-refractivity contribution >= 4 is 45.7 Å². The van der Waals surface area contributed by atoms with Crippen molar-refractivity contribution in [3.8, 4) is 0 Å². The number of nitrogens with zero attached hydrogens (tertiary/aromatic N) is 3. The molecule has 9 heteroatoms. The summed E-state index contributed by atoms with van der Waals surface area (Å²) in [7, 11) is 0. The normalized spacial score (nSPS) is 15.6. The van der Waals surface area contributed by atoms with Gasteiger partial charge in [0.1, 0.15) is 0 Å². The lowest BCUT2D eigenvalue weighted by Crippen LogP contribution is -2.45. The number of hydrogen-bond donors (Lipinski definition) is 2. The number of pyridine rings is 1. The fourth-order valence-corrected chi connectivity index (χ4v) is 5.46. The maximum atomic E-state index is 13.0. The summed E-state index contributed by atoms with van der Waals surface area (Å²) in [4.78, 5) is 34.9. The summed E-state index contributed by atoms with van der Waals surface area (Å²) in [6, 6.07) is 11.1. The second kappa shape index (κ2) is 11.1. The van der Waals surface area contributed by atoms with E-state index in [1.807, 2.05) is 23.2 Å². The van der Waals surface area contributed by atoms with Gasteiger partial charge in [-0.05, 0) is 60.9 Å². The minimum absolute atomic E-state index is 0.00386. The number of nitrogens with one attached hydrogen (secondary N) is 2. The molecule has 4 rings (SSSR count). The third-order valence-electron chi connectivity index (χ3n) is 5.24. The zero-order valence-corrected chi connectivity index (χ0v) is 19.7. The minimum atomic E-state index is -0.278. The summed E-state index contributed by atoms with van der Waals surface area (Å²) in [5, 5.41) is 7.08. The highest BCUT2D eigenvalue weighted by molar-refractivity contribution is 8.00. The maximum Gasteiger partial charge on any atom is 0.253 e. The number of thioether (sulfide) groups is 1. The molecule has 1 aromatic carbocycles. The van der Waals surface area contributed by atoms with Gasteiger partial charge >= 0.3 is 0 Å². The number of benzene rings is 1. The second-order valence-electron chi connectivity index (χ2n) is 7.63. The molecule has 3 aromatic rings. The molecule has 2 amide bonds. The first-order valence-corrected chi connectivity index (χ1v) is 12.5. The van der Waals surface area contributed by atoms with E-state index < -0.39 is 0 Å². The maximum absolute atomic E-state index is 13.0. The standard InChI is InChI=1S/C24H25N5O2S2/c1-2-21(30)27-19-7-5-18(6-8-19)23(31)29-13-3-4-20(15-29)28-24-26-14-22(33-24)32-16-17-9-11-25-12-10-17/h2,5-12,14,20H,1,3-4,13,15-16H2,(H,26,28)(H,27,30). The Morgan fingerprint density at radius 1 is 1.21 bits per heavy atom. The topological polar surface area (TPSA) is 87.2 Å². The molecule has 2 aromatic heterocycles. The largest absolute Gasteiger partial charge is 0.357 e.